The van der Waals surface area contributed by atoms with Crippen molar-refractivity contribution in [2.45, 2.75) is 26.7 Å². The van der Waals surface area contributed by atoms with Crippen molar-refractivity contribution in [3.05, 3.63) is 29.3 Å². The minimum atomic E-state index is -0.464. The van der Waals surface area contributed by atoms with E-state index in [4.69, 9.17) is 4.74 Å². The number of carbonyl (C=O) groups excluding carboxylic acids is 3. The number of aryl methyl sites for hydroxylation is 2. The Morgan fingerprint density at radius 1 is 1.17 bits per heavy atom. The minimum absolute atomic E-state index is 0.0372. The summed E-state index contributed by atoms with van der Waals surface area (Å²) in [4.78, 5) is 36.3. The van der Waals surface area contributed by atoms with E-state index < -0.39 is 11.8 Å². The second-order valence-electron chi connectivity index (χ2n) is 5.52. The van der Waals surface area contributed by atoms with Crippen LogP contribution in [0.2, 0.25) is 0 Å². The molecule has 7 heteroatoms. The molecule has 124 valence electrons. The molecule has 0 aliphatic carbocycles. The van der Waals surface area contributed by atoms with Gasteiger partial charge in [0.05, 0.1) is 0 Å². The average molecular weight is 319 g/mol. The van der Waals surface area contributed by atoms with E-state index in [1.165, 1.54) is 4.90 Å². The first-order valence-corrected chi connectivity index (χ1v) is 7.52. The third kappa shape index (κ3) is 4.70. The van der Waals surface area contributed by atoms with Crippen molar-refractivity contribution in [1.29, 1.82) is 0 Å². The van der Waals surface area contributed by atoms with E-state index in [0.29, 0.717) is 18.7 Å². The molecule has 0 radical (unpaired) electrons. The maximum atomic E-state index is 11.7. The van der Waals surface area contributed by atoms with Crippen molar-refractivity contribution in [1.82, 2.24) is 15.8 Å². The van der Waals surface area contributed by atoms with Crippen molar-refractivity contribution in [3.8, 4) is 5.75 Å². The molecule has 7 nitrogen and oxygen atoms in total. The topological polar surface area (TPSA) is 87.7 Å². The molecule has 23 heavy (non-hydrogen) atoms. The lowest BCUT2D eigenvalue weighted by atomic mass is 10.1. The Bertz CT molecular complexity index is 595. The number of nitrogens with one attached hydrogen (secondary N) is 2. The van der Waals surface area contributed by atoms with Gasteiger partial charge in [-0.05, 0) is 31.4 Å². The first-order chi connectivity index (χ1) is 11.0. The fourth-order valence-corrected chi connectivity index (χ4v) is 2.42. The van der Waals surface area contributed by atoms with E-state index in [-0.39, 0.29) is 19.1 Å². The SMILES string of the molecule is Cc1cccc(C)c1OCC(=O)NNC(=O)CN1CCCC1=O. The molecule has 1 aliphatic rings. The third-order valence-electron chi connectivity index (χ3n) is 3.60. The van der Waals surface area contributed by atoms with Crippen LogP contribution in [-0.2, 0) is 14.4 Å². The first kappa shape index (κ1) is 16.8. The molecule has 0 bridgehead atoms. The largest absolute Gasteiger partial charge is 0.483 e. The fraction of sp³-hybridized carbons (Fsp3) is 0.438. The third-order valence-corrected chi connectivity index (χ3v) is 3.60. The van der Waals surface area contributed by atoms with Crippen molar-refractivity contribution in [3.63, 3.8) is 0 Å². The molecule has 1 heterocycles. The van der Waals surface area contributed by atoms with Crippen LogP contribution >= 0.6 is 0 Å². The van der Waals surface area contributed by atoms with Gasteiger partial charge in [0.25, 0.3) is 11.8 Å². The summed E-state index contributed by atoms with van der Waals surface area (Å²) in [6, 6.07) is 5.71. The number of hydrogen-bond acceptors (Lipinski definition) is 4. The number of rotatable bonds is 5. The van der Waals surface area contributed by atoms with Crippen LogP contribution in [0.25, 0.3) is 0 Å². The lowest BCUT2D eigenvalue weighted by Crippen LogP contribution is -2.48. The normalized spacial score (nSPS) is 13.8. The van der Waals surface area contributed by atoms with Gasteiger partial charge in [0.15, 0.2) is 6.61 Å². The van der Waals surface area contributed by atoms with Crippen LogP contribution in [0.4, 0.5) is 0 Å². The predicted molar refractivity (Wildman–Crippen MR) is 83.5 cm³/mol. The minimum Gasteiger partial charge on any atom is -0.483 e. The number of hydrogen-bond donors (Lipinski definition) is 2. The van der Waals surface area contributed by atoms with E-state index in [9.17, 15) is 14.4 Å². The summed E-state index contributed by atoms with van der Waals surface area (Å²) in [5.74, 6) is -0.268. The number of para-hydroxylation sites is 1. The number of amides is 3. The molecular formula is C16H21N3O4. The Morgan fingerprint density at radius 2 is 1.83 bits per heavy atom. The van der Waals surface area contributed by atoms with Gasteiger partial charge in [-0.1, -0.05) is 18.2 Å². The van der Waals surface area contributed by atoms with Crippen LogP contribution in [0, 0.1) is 13.8 Å². The van der Waals surface area contributed by atoms with Gasteiger partial charge in [-0.2, -0.15) is 0 Å². The Morgan fingerprint density at radius 3 is 2.43 bits per heavy atom. The Hall–Kier alpha value is -2.57. The second-order valence-corrected chi connectivity index (χ2v) is 5.52. The zero-order valence-corrected chi connectivity index (χ0v) is 13.3. The van der Waals surface area contributed by atoms with Gasteiger partial charge in [-0.25, -0.2) is 0 Å². The lowest BCUT2D eigenvalue weighted by Gasteiger charge is -2.15. The molecule has 0 atom stereocenters. The van der Waals surface area contributed by atoms with Gasteiger partial charge in [0.2, 0.25) is 5.91 Å². The van der Waals surface area contributed by atoms with E-state index >= 15 is 0 Å². The molecule has 2 rings (SSSR count). The highest BCUT2D eigenvalue weighted by molar-refractivity contribution is 5.87. The summed E-state index contributed by atoms with van der Waals surface area (Å²) in [7, 11) is 0. The standard InChI is InChI=1S/C16H21N3O4/c1-11-5-3-6-12(2)16(11)23-10-14(21)18-17-13(20)9-19-8-4-7-15(19)22/h3,5-6H,4,7-10H2,1-2H3,(H,17,20)(H,18,21). The number of benzene rings is 1. The van der Waals surface area contributed by atoms with E-state index in [2.05, 4.69) is 10.9 Å². The van der Waals surface area contributed by atoms with E-state index in [1.54, 1.807) is 0 Å². The first-order valence-electron chi connectivity index (χ1n) is 7.52. The maximum absolute atomic E-state index is 11.7. The van der Waals surface area contributed by atoms with Gasteiger partial charge < -0.3 is 9.64 Å². The summed E-state index contributed by atoms with van der Waals surface area (Å²) >= 11 is 0. The molecule has 1 aliphatic heterocycles. The van der Waals surface area contributed by atoms with Crippen LogP contribution in [0.3, 0.4) is 0 Å². The van der Waals surface area contributed by atoms with E-state index in [0.717, 1.165) is 17.5 Å². The van der Waals surface area contributed by atoms with Gasteiger partial charge in [0.1, 0.15) is 12.3 Å². The Labute approximate surface area is 135 Å². The van der Waals surface area contributed by atoms with Crippen molar-refractivity contribution >= 4 is 17.7 Å². The zero-order valence-electron chi connectivity index (χ0n) is 13.3. The van der Waals surface area contributed by atoms with Gasteiger partial charge in [0, 0.05) is 13.0 Å². The summed E-state index contributed by atoms with van der Waals surface area (Å²) in [5.41, 5.74) is 6.44. The molecule has 0 spiro atoms. The predicted octanol–water partition coefficient (Wildman–Crippen LogP) is 0.452. The van der Waals surface area contributed by atoms with Crippen molar-refractivity contribution in [2.75, 3.05) is 19.7 Å². The summed E-state index contributed by atoms with van der Waals surface area (Å²) in [5, 5.41) is 0. The summed E-state index contributed by atoms with van der Waals surface area (Å²) in [6.07, 6.45) is 1.24. The number of likely N-dealkylation sites (tertiary alicyclic amines) is 1. The molecule has 1 fully saturated rings. The summed E-state index contributed by atoms with van der Waals surface area (Å²) in [6.45, 7) is 4.13. The van der Waals surface area contributed by atoms with Crippen LogP contribution in [0.15, 0.2) is 18.2 Å². The van der Waals surface area contributed by atoms with Crippen molar-refractivity contribution in [2.24, 2.45) is 0 Å². The lowest BCUT2D eigenvalue weighted by molar-refractivity contribution is -0.134. The van der Waals surface area contributed by atoms with E-state index in [1.807, 2.05) is 32.0 Å². The number of ether oxygens (including phenoxy) is 1. The monoisotopic (exact) mass is 319 g/mol. The molecule has 1 aromatic carbocycles. The highest BCUT2D eigenvalue weighted by atomic mass is 16.5. The van der Waals surface area contributed by atoms with Crippen LogP contribution < -0.4 is 15.6 Å². The van der Waals surface area contributed by atoms with Gasteiger partial charge in [-0.3, -0.25) is 25.2 Å². The molecule has 0 saturated carbocycles. The summed E-state index contributed by atoms with van der Waals surface area (Å²) < 4.78 is 5.48. The second kappa shape index (κ2) is 7.62. The Balaban J connectivity index is 1.72. The van der Waals surface area contributed by atoms with Gasteiger partial charge in [-0.15, -0.1) is 0 Å². The van der Waals surface area contributed by atoms with Gasteiger partial charge >= 0.3 is 0 Å². The Kier molecular flexibility index (Phi) is 5.56. The zero-order chi connectivity index (χ0) is 16.8. The fourth-order valence-electron chi connectivity index (χ4n) is 2.42. The highest BCUT2D eigenvalue weighted by Crippen LogP contribution is 2.21. The molecule has 0 aromatic heterocycles. The molecule has 1 saturated heterocycles. The molecular weight excluding hydrogens is 298 g/mol. The number of carbonyl (C=O) groups is 3. The van der Waals surface area contributed by atoms with Crippen LogP contribution in [0.1, 0.15) is 24.0 Å². The molecule has 0 unspecified atom stereocenters. The van der Waals surface area contributed by atoms with Crippen molar-refractivity contribution < 1.29 is 19.1 Å². The quantitative estimate of drug-likeness (QED) is 0.772. The highest BCUT2D eigenvalue weighted by Gasteiger charge is 2.22. The number of hydrazine groups is 1. The molecule has 3 amide bonds. The smallest absolute Gasteiger partial charge is 0.276 e. The van der Waals surface area contributed by atoms with Crippen LogP contribution in [0.5, 0.6) is 5.75 Å². The molecule has 1 aromatic rings. The van der Waals surface area contributed by atoms with Crippen LogP contribution in [-0.4, -0.2) is 42.3 Å². The maximum Gasteiger partial charge on any atom is 0.276 e. The number of nitrogens with zero attached hydrogens (tertiary/aromatic N) is 1. The average Bonchev–Trinajstić information content (AvgIpc) is 2.90. The molecule has 2 N–H and O–H groups in total.